The van der Waals surface area contributed by atoms with Crippen molar-refractivity contribution in [3.63, 3.8) is 0 Å². The van der Waals surface area contributed by atoms with Crippen LogP contribution in [0.2, 0.25) is 0 Å². The Morgan fingerprint density at radius 2 is 2.00 bits per heavy atom. The highest BCUT2D eigenvalue weighted by atomic mass is 16.3. The van der Waals surface area contributed by atoms with Crippen molar-refractivity contribution in [1.29, 1.82) is 0 Å². The number of hydrogen-bond donors (Lipinski definition) is 2. The van der Waals surface area contributed by atoms with Gasteiger partial charge in [0.2, 0.25) is 0 Å². The molecule has 0 aliphatic carbocycles. The molecular formula is C15H21N3O. The lowest BCUT2D eigenvalue weighted by atomic mass is 9.96. The summed E-state index contributed by atoms with van der Waals surface area (Å²) in [6, 6.07) is 9.71. The van der Waals surface area contributed by atoms with Crippen LogP contribution in [0.3, 0.4) is 0 Å². The van der Waals surface area contributed by atoms with Gasteiger partial charge in [0.15, 0.2) is 0 Å². The van der Waals surface area contributed by atoms with Gasteiger partial charge in [-0.2, -0.15) is 5.10 Å². The van der Waals surface area contributed by atoms with E-state index in [0.717, 1.165) is 16.8 Å². The Kier molecular flexibility index (Phi) is 4.02. The zero-order valence-electron chi connectivity index (χ0n) is 11.7. The maximum Gasteiger partial charge on any atom is 0.0992 e. The minimum absolute atomic E-state index is 0.505. The first-order valence-corrected chi connectivity index (χ1v) is 6.47. The molecule has 1 heterocycles. The van der Waals surface area contributed by atoms with E-state index in [4.69, 9.17) is 0 Å². The first-order valence-electron chi connectivity index (χ1n) is 6.47. The molecule has 2 rings (SSSR count). The van der Waals surface area contributed by atoms with Crippen LogP contribution < -0.4 is 5.32 Å². The Hall–Kier alpha value is -1.65. The predicted octanol–water partition coefficient (Wildman–Crippen LogP) is 1.73. The van der Waals surface area contributed by atoms with Crippen molar-refractivity contribution >= 4 is 0 Å². The van der Waals surface area contributed by atoms with E-state index in [9.17, 15) is 5.11 Å². The molecular weight excluding hydrogens is 238 g/mol. The molecule has 1 aromatic heterocycles. The second kappa shape index (κ2) is 5.55. The number of aryl methyl sites for hydroxylation is 2. The largest absolute Gasteiger partial charge is 0.384 e. The fourth-order valence-electron chi connectivity index (χ4n) is 2.16. The molecule has 0 fully saturated rings. The Bertz CT molecular complexity index is 532. The number of nitrogens with zero attached hydrogens (tertiary/aromatic N) is 2. The minimum atomic E-state index is -0.864. The molecule has 4 nitrogen and oxygen atoms in total. The Morgan fingerprint density at radius 1 is 1.32 bits per heavy atom. The van der Waals surface area contributed by atoms with Crippen molar-refractivity contribution in [3.8, 4) is 0 Å². The number of aliphatic hydroxyl groups is 1. The van der Waals surface area contributed by atoms with Gasteiger partial charge in [-0.15, -0.1) is 0 Å². The number of rotatable bonds is 5. The van der Waals surface area contributed by atoms with Gasteiger partial charge in [0, 0.05) is 31.9 Å². The minimum Gasteiger partial charge on any atom is -0.384 e. The van der Waals surface area contributed by atoms with Crippen LogP contribution in [0.4, 0.5) is 0 Å². The summed E-state index contributed by atoms with van der Waals surface area (Å²) in [5.74, 6) is 0. The number of hydrogen-bond acceptors (Lipinski definition) is 3. The molecule has 19 heavy (non-hydrogen) atoms. The standard InChI is InChI=1S/C15H21N3O/c1-12-13(10-18(3)17-12)9-16-11-15(2,19)14-7-5-4-6-8-14/h4-8,10,16,19H,9,11H2,1-3H3. The molecule has 4 heteroatoms. The molecule has 0 aliphatic heterocycles. The fraction of sp³-hybridized carbons (Fsp3) is 0.400. The summed E-state index contributed by atoms with van der Waals surface area (Å²) < 4.78 is 1.81. The van der Waals surface area contributed by atoms with E-state index in [1.807, 2.05) is 62.1 Å². The maximum absolute atomic E-state index is 10.5. The van der Waals surface area contributed by atoms with E-state index < -0.39 is 5.60 Å². The van der Waals surface area contributed by atoms with Gasteiger partial charge in [0.1, 0.15) is 0 Å². The molecule has 0 spiro atoms. The molecule has 2 aromatic rings. The van der Waals surface area contributed by atoms with E-state index in [0.29, 0.717) is 13.1 Å². The SMILES string of the molecule is Cc1nn(C)cc1CNCC(C)(O)c1ccccc1. The molecule has 0 saturated carbocycles. The molecule has 1 unspecified atom stereocenters. The van der Waals surface area contributed by atoms with Crippen LogP contribution >= 0.6 is 0 Å². The van der Waals surface area contributed by atoms with E-state index in [1.54, 1.807) is 0 Å². The Balaban J connectivity index is 1.94. The second-order valence-electron chi connectivity index (χ2n) is 5.16. The van der Waals surface area contributed by atoms with E-state index >= 15 is 0 Å². The Morgan fingerprint density at radius 3 is 2.58 bits per heavy atom. The molecule has 102 valence electrons. The summed E-state index contributed by atoms with van der Waals surface area (Å²) in [6.07, 6.45) is 2.00. The second-order valence-corrected chi connectivity index (χ2v) is 5.16. The highest BCUT2D eigenvalue weighted by Gasteiger charge is 2.22. The first kappa shape index (κ1) is 13.8. The number of aromatic nitrogens is 2. The van der Waals surface area contributed by atoms with Crippen LogP contribution in [0.15, 0.2) is 36.5 Å². The van der Waals surface area contributed by atoms with Gasteiger partial charge in [0.05, 0.1) is 11.3 Å². The number of nitrogens with one attached hydrogen (secondary N) is 1. The van der Waals surface area contributed by atoms with Gasteiger partial charge >= 0.3 is 0 Å². The first-order chi connectivity index (χ1) is 8.99. The van der Waals surface area contributed by atoms with Gasteiger partial charge < -0.3 is 10.4 Å². The molecule has 1 atom stereocenters. The molecule has 2 N–H and O–H groups in total. The highest BCUT2D eigenvalue weighted by Crippen LogP contribution is 2.19. The van der Waals surface area contributed by atoms with Crippen molar-refractivity contribution in [2.75, 3.05) is 6.54 Å². The topological polar surface area (TPSA) is 50.1 Å². The maximum atomic E-state index is 10.5. The summed E-state index contributed by atoms with van der Waals surface area (Å²) in [6.45, 7) is 5.03. The zero-order chi connectivity index (χ0) is 13.9. The van der Waals surface area contributed by atoms with Crippen molar-refractivity contribution in [2.45, 2.75) is 26.0 Å². The Labute approximate surface area is 114 Å². The van der Waals surface area contributed by atoms with Crippen LogP contribution in [0, 0.1) is 6.92 Å². The average Bonchev–Trinajstić information content (AvgIpc) is 2.69. The zero-order valence-corrected chi connectivity index (χ0v) is 11.7. The lowest BCUT2D eigenvalue weighted by Crippen LogP contribution is -2.35. The van der Waals surface area contributed by atoms with Crippen molar-refractivity contribution in [1.82, 2.24) is 15.1 Å². The third-order valence-electron chi connectivity index (χ3n) is 3.30. The van der Waals surface area contributed by atoms with Crippen molar-refractivity contribution in [2.24, 2.45) is 7.05 Å². The third kappa shape index (κ3) is 3.43. The summed E-state index contributed by atoms with van der Waals surface area (Å²) in [5.41, 5.74) is 2.24. The van der Waals surface area contributed by atoms with Gasteiger partial charge in [-0.05, 0) is 19.4 Å². The molecule has 0 radical (unpaired) electrons. The summed E-state index contributed by atoms with van der Waals surface area (Å²) in [5, 5.41) is 18.0. The molecule has 0 saturated heterocycles. The summed E-state index contributed by atoms with van der Waals surface area (Å²) >= 11 is 0. The average molecular weight is 259 g/mol. The van der Waals surface area contributed by atoms with E-state index in [2.05, 4.69) is 10.4 Å². The fourth-order valence-corrected chi connectivity index (χ4v) is 2.16. The highest BCUT2D eigenvalue weighted by molar-refractivity contribution is 5.22. The molecule has 0 amide bonds. The predicted molar refractivity (Wildman–Crippen MR) is 75.7 cm³/mol. The summed E-state index contributed by atoms with van der Waals surface area (Å²) in [7, 11) is 1.91. The van der Waals surface area contributed by atoms with Crippen LogP contribution in [0.5, 0.6) is 0 Å². The normalized spacial score (nSPS) is 14.3. The number of benzene rings is 1. The molecule has 0 aliphatic rings. The molecule has 1 aromatic carbocycles. The summed E-state index contributed by atoms with van der Waals surface area (Å²) in [4.78, 5) is 0. The lowest BCUT2D eigenvalue weighted by molar-refractivity contribution is 0.0566. The van der Waals surface area contributed by atoms with Gasteiger partial charge in [-0.3, -0.25) is 4.68 Å². The third-order valence-corrected chi connectivity index (χ3v) is 3.30. The van der Waals surface area contributed by atoms with Crippen molar-refractivity contribution in [3.05, 3.63) is 53.3 Å². The lowest BCUT2D eigenvalue weighted by Gasteiger charge is -2.24. The van der Waals surface area contributed by atoms with E-state index in [-0.39, 0.29) is 0 Å². The van der Waals surface area contributed by atoms with Crippen LogP contribution in [0.1, 0.15) is 23.7 Å². The van der Waals surface area contributed by atoms with Crippen LogP contribution in [-0.2, 0) is 19.2 Å². The van der Waals surface area contributed by atoms with E-state index in [1.165, 1.54) is 0 Å². The quantitative estimate of drug-likeness (QED) is 0.859. The van der Waals surface area contributed by atoms with Crippen LogP contribution in [0.25, 0.3) is 0 Å². The van der Waals surface area contributed by atoms with Crippen molar-refractivity contribution < 1.29 is 5.11 Å². The van der Waals surface area contributed by atoms with Crippen LogP contribution in [-0.4, -0.2) is 21.4 Å². The smallest absolute Gasteiger partial charge is 0.0992 e. The van der Waals surface area contributed by atoms with Gasteiger partial charge in [-0.1, -0.05) is 30.3 Å². The monoisotopic (exact) mass is 259 g/mol. The molecule has 0 bridgehead atoms. The van der Waals surface area contributed by atoms with Gasteiger partial charge in [0.25, 0.3) is 0 Å². The van der Waals surface area contributed by atoms with Gasteiger partial charge in [-0.25, -0.2) is 0 Å².